The van der Waals surface area contributed by atoms with Gasteiger partial charge < -0.3 is 40.3 Å². The molecule has 0 aromatic carbocycles. The first-order valence-corrected chi connectivity index (χ1v) is 19.7. The Kier molecular flexibility index (Phi) is 28.9. The van der Waals surface area contributed by atoms with Crippen molar-refractivity contribution in [3.8, 4) is 0 Å². The second-order valence-corrected chi connectivity index (χ2v) is 13.7. The number of carbonyl (C=O) groups is 1. The van der Waals surface area contributed by atoms with Gasteiger partial charge in [0.2, 0.25) is 5.91 Å². The van der Waals surface area contributed by atoms with Gasteiger partial charge in [0.1, 0.15) is 24.4 Å². The van der Waals surface area contributed by atoms with E-state index in [0.29, 0.717) is 6.42 Å². The summed E-state index contributed by atoms with van der Waals surface area (Å²) in [5, 5.41) is 53.9. The van der Waals surface area contributed by atoms with Gasteiger partial charge in [0.15, 0.2) is 6.29 Å². The van der Waals surface area contributed by atoms with Crippen LogP contribution in [0.15, 0.2) is 36.5 Å². The van der Waals surface area contributed by atoms with Crippen LogP contribution in [0, 0.1) is 0 Å². The fourth-order valence-electron chi connectivity index (χ4n) is 5.95. The summed E-state index contributed by atoms with van der Waals surface area (Å²) >= 11 is 0. The van der Waals surface area contributed by atoms with Crippen molar-refractivity contribution in [2.45, 2.75) is 198 Å². The standard InChI is InChI=1S/C40H73NO8/c1-3-5-7-9-11-13-15-16-17-18-20-22-24-26-28-30-36(44)41-33(32-48-40-39(47)38(46)37(45)35(31-42)49-40)34(43)29-27-25-23-21-19-14-12-10-8-6-4-2/h11,13,16-17,27,29,33-35,37-40,42-43,45-47H,3-10,12,14-15,18-26,28,30-32H2,1-2H3,(H,41,44)/b13-11+,17-16+,29-27+/t33-,34+,35-,37-,38?,39?,40-/m0/s1. The van der Waals surface area contributed by atoms with E-state index < -0.39 is 49.5 Å². The van der Waals surface area contributed by atoms with Gasteiger partial charge in [-0.3, -0.25) is 4.79 Å². The summed E-state index contributed by atoms with van der Waals surface area (Å²) < 4.78 is 11.1. The van der Waals surface area contributed by atoms with Crippen LogP contribution in [0.3, 0.4) is 0 Å². The summed E-state index contributed by atoms with van der Waals surface area (Å²) in [6.45, 7) is 3.69. The molecule has 0 spiro atoms. The number of aliphatic hydroxyl groups is 5. The maximum absolute atomic E-state index is 12.9. The van der Waals surface area contributed by atoms with Crippen LogP contribution >= 0.6 is 0 Å². The monoisotopic (exact) mass is 696 g/mol. The zero-order valence-corrected chi connectivity index (χ0v) is 30.9. The van der Waals surface area contributed by atoms with Crippen LogP contribution in [0.5, 0.6) is 0 Å². The molecule has 9 heteroatoms. The third-order valence-corrected chi connectivity index (χ3v) is 9.21. The van der Waals surface area contributed by atoms with Crippen LogP contribution in [0.4, 0.5) is 0 Å². The van der Waals surface area contributed by atoms with Gasteiger partial charge >= 0.3 is 0 Å². The first kappa shape index (κ1) is 45.4. The van der Waals surface area contributed by atoms with Crippen LogP contribution in [0.25, 0.3) is 0 Å². The van der Waals surface area contributed by atoms with Crippen LogP contribution in [-0.4, -0.2) is 87.5 Å². The van der Waals surface area contributed by atoms with E-state index >= 15 is 0 Å². The van der Waals surface area contributed by atoms with Gasteiger partial charge in [-0.05, 0) is 51.4 Å². The summed E-state index contributed by atoms with van der Waals surface area (Å²) in [5.41, 5.74) is 0. The molecule has 1 rings (SSSR count). The molecule has 49 heavy (non-hydrogen) atoms. The molecule has 0 aromatic heterocycles. The Balaban J connectivity index is 2.45. The molecule has 1 aliphatic rings. The molecule has 1 fully saturated rings. The second-order valence-electron chi connectivity index (χ2n) is 13.7. The molecule has 0 aromatic rings. The molecule has 9 nitrogen and oxygen atoms in total. The summed E-state index contributed by atoms with van der Waals surface area (Å²) in [5.74, 6) is -0.195. The molecule has 1 heterocycles. The summed E-state index contributed by atoms with van der Waals surface area (Å²) in [6, 6.07) is -0.808. The number of allylic oxidation sites excluding steroid dienone is 5. The third-order valence-electron chi connectivity index (χ3n) is 9.21. The minimum absolute atomic E-state index is 0.194. The number of amides is 1. The Morgan fingerprint density at radius 3 is 1.80 bits per heavy atom. The lowest BCUT2D eigenvalue weighted by Gasteiger charge is -2.40. The van der Waals surface area contributed by atoms with E-state index in [1.165, 1.54) is 70.6 Å². The molecule has 0 aliphatic carbocycles. The first-order valence-electron chi connectivity index (χ1n) is 19.7. The molecule has 0 saturated carbocycles. The zero-order chi connectivity index (χ0) is 36.0. The highest BCUT2D eigenvalue weighted by molar-refractivity contribution is 5.76. The van der Waals surface area contributed by atoms with E-state index in [1.54, 1.807) is 6.08 Å². The number of ether oxygens (including phenoxy) is 2. The van der Waals surface area contributed by atoms with Crippen molar-refractivity contribution in [3.05, 3.63) is 36.5 Å². The van der Waals surface area contributed by atoms with Gasteiger partial charge in [-0.25, -0.2) is 0 Å². The fraction of sp³-hybridized carbons (Fsp3) is 0.825. The first-order chi connectivity index (χ1) is 23.8. The number of aliphatic hydroxyl groups excluding tert-OH is 5. The van der Waals surface area contributed by atoms with E-state index in [0.717, 1.165) is 64.2 Å². The van der Waals surface area contributed by atoms with Crippen molar-refractivity contribution in [3.63, 3.8) is 0 Å². The topological polar surface area (TPSA) is 149 Å². The molecular formula is C40H73NO8. The predicted molar refractivity (Wildman–Crippen MR) is 198 cm³/mol. The van der Waals surface area contributed by atoms with Crippen molar-refractivity contribution < 1.29 is 39.8 Å². The quantitative estimate of drug-likeness (QED) is 0.0338. The van der Waals surface area contributed by atoms with E-state index in [9.17, 15) is 30.3 Å². The molecule has 2 unspecified atom stereocenters. The lowest BCUT2D eigenvalue weighted by atomic mass is 9.99. The van der Waals surface area contributed by atoms with Gasteiger partial charge in [-0.15, -0.1) is 0 Å². The van der Waals surface area contributed by atoms with Crippen LogP contribution in [0.2, 0.25) is 0 Å². The number of unbranched alkanes of at least 4 members (excludes halogenated alkanes) is 17. The molecule has 6 N–H and O–H groups in total. The molecule has 0 radical (unpaired) electrons. The minimum atomic E-state index is -1.57. The minimum Gasteiger partial charge on any atom is -0.394 e. The largest absolute Gasteiger partial charge is 0.394 e. The average molecular weight is 696 g/mol. The highest BCUT2D eigenvalue weighted by Crippen LogP contribution is 2.22. The lowest BCUT2D eigenvalue weighted by Crippen LogP contribution is -2.60. The Hall–Kier alpha value is -1.59. The van der Waals surface area contributed by atoms with Crippen LogP contribution in [-0.2, 0) is 14.3 Å². The summed E-state index contributed by atoms with van der Waals surface area (Å²) in [6.07, 6.45) is 28.9. The summed E-state index contributed by atoms with van der Waals surface area (Å²) in [4.78, 5) is 12.9. The van der Waals surface area contributed by atoms with Crippen molar-refractivity contribution in [2.75, 3.05) is 13.2 Å². The predicted octanol–water partition coefficient (Wildman–Crippen LogP) is 6.94. The SMILES string of the molecule is CCCCC/C=C/C/C=C/CCCCCCCC(=O)N[C@@H](CO[C@H]1O[C@@H](CO)[C@H](O)C(O)C1O)[C@H](O)/C=C/CCCCCCCCCCC. The van der Waals surface area contributed by atoms with Gasteiger partial charge in [-0.2, -0.15) is 0 Å². The molecular weight excluding hydrogens is 622 g/mol. The highest BCUT2D eigenvalue weighted by atomic mass is 16.7. The molecule has 0 bridgehead atoms. The van der Waals surface area contributed by atoms with Gasteiger partial charge in [0.25, 0.3) is 0 Å². The lowest BCUT2D eigenvalue weighted by molar-refractivity contribution is -0.302. The van der Waals surface area contributed by atoms with Crippen molar-refractivity contribution in [1.29, 1.82) is 0 Å². The average Bonchev–Trinajstić information content (AvgIpc) is 3.10. The van der Waals surface area contributed by atoms with Crippen molar-refractivity contribution in [2.24, 2.45) is 0 Å². The molecule has 7 atom stereocenters. The van der Waals surface area contributed by atoms with E-state index in [4.69, 9.17) is 9.47 Å². The number of rotatable bonds is 31. The van der Waals surface area contributed by atoms with Gasteiger partial charge in [-0.1, -0.05) is 134 Å². The van der Waals surface area contributed by atoms with E-state index in [2.05, 4.69) is 43.5 Å². The molecule has 1 aliphatic heterocycles. The number of nitrogens with one attached hydrogen (secondary N) is 1. The zero-order valence-electron chi connectivity index (χ0n) is 30.9. The maximum atomic E-state index is 12.9. The maximum Gasteiger partial charge on any atom is 0.220 e. The van der Waals surface area contributed by atoms with E-state index in [1.807, 2.05) is 6.08 Å². The summed E-state index contributed by atoms with van der Waals surface area (Å²) in [7, 11) is 0. The molecule has 1 amide bonds. The number of hydrogen-bond acceptors (Lipinski definition) is 8. The van der Waals surface area contributed by atoms with Gasteiger partial charge in [0.05, 0.1) is 25.4 Å². The number of hydrogen-bond donors (Lipinski definition) is 6. The second kappa shape index (κ2) is 31.2. The van der Waals surface area contributed by atoms with Crippen molar-refractivity contribution >= 4 is 5.91 Å². The Labute approximate surface area is 298 Å². The highest BCUT2D eigenvalue weighted by Gasteiger charge is 2.44. The Morgan fingerprint density at radius 1 is 0.694 bits per heavy atom. The normalized spacial score (nSPS) is 22.8. The molecule has 286 valence electrons. The Bertz CT molecular complexity index is 863. The van der Waals surface area contributed by atoms with Crippen molar-refractivity contribution in [1.82, 2.24) is 5.32 Å². The molecule has 1 saturated heterocycles. The fourth-order valence-corrected chi connectivity index (χ4v) is 5.95. The smallest absolute Gasteiger partial charge is 0.220 e. The van der Waals surface area contributed by atoms with Gasteiger partial charge in [0, 0.05) is 6.42 Å². The van der Waals surface area contributed by atoms with Crippen LogP contribution < -0.4 is 5.32 Å². The third kappa shape index (κ3) is 22.8. The number of carbonyl (C=O) groups excluding carboxylic acids is 1. The Morgan fingerprint density at radius 2 is 1.20 bits per heavy atom. The van der Waals surface area contributed by atoms with E-state index in [-0.39, 0.29) is 12.5 Å². The van der Waals surface area contributed by atoms with Crippen LogP contribution in [0.1, 0.15) is 155 Å².